The smallest absolute Gasteiger partial charge is 0.255 e. The van der Waals surface area contributed by atoms with Gasteiger partial charge in [-0.05, 0) is 34.5 Å². The van der Waals surface area contributed by atoms with Crippen LogP contribution in [-0.2, 0) is 4.79 Å². The van der Waals surface area contributed by atoms with Gasteiger partial charge in [-0.25, -0.2) is 0 Å². The molecule has 0 unspecified atom stereocenters. The number of halogens is 1. The Morgan fingerprint density at radius 1 is 1.10 bits per heavy atom. The second kappa shape index (κ2) is 6.60. The third kappa shape index (κ3) is 3.46. The summed E-state index contributed by atoms with van der Waals surface area (Å²) in [6.07, 6.45) is 0. The van der Waals surface area contributed by atoms with Crippen molar-refractivity contribution in [3.63, 3.8) is 0 Å². The molecule has 1 heterocycles. The van der Waals surface area contributed by atoms with E-state index < -0.39 is 0 Å². The highest BCUT2D eigenvalue weighted by molar-refractivity contribution is 9.10. The third-order valence-corrected chi connectivity index (χ3v) is 4.85. The van der Waals surface area contributed by atoms with Gasteiger partial charge in [-0.3, -0.25) is 9.59 Å². The van der Waals surface area contributed by atoms with Gasteiger partial charge in [-0.1, -0.05) is 26.0 Å². The Bertz CT molecular complexity index is 549. The van der Waals surface area contributed by atoms with E-state index in [-0.39, 0.29) is 17.7 Å². The van der Waals surface area contributed by atoms with Crippen molar-refractivity contribution in [1.29, 1.82) is 0 Å². The molecule has 5 heteroatoms. The summed E-state index contributed by atoms with van der Waals surface area (Å²) in [4.78, 5) is 28.2. The fraction of sp³-hybridized carbons (Fsp3) is 0.500. The minimum atomic E-state index is 0.0122. The molecule has 0 aromatic heterocycles. The van der Waals surface area contributed by atoms with Gasteiger partial charge < -0.3 is 9.80 Å². The van der Waals surface area contributed by atoms with Crippen LogP contribution in [0.15, 0.2) is 22.7 Å². The molecular formula is C16H21BrN2O2. The molecule has 0 spiro atoms. The first kappa shape index (κ1) is 16.0. The number of nitrogens with zero attached hydrogens (tertiary/aromatic N) is 2. The zero-order chi connectivity index (χ0) is 15.6. The Hall–Kier alpha value is -1.36. The number of hydrogen-bond acceptors (Lipinski definition) is 2. The zero-order valence-corrected chi connectivity index (χ0v) is 14.3. The molecule has 1 fully saturated rings. The molecule has 4 nitrogen and oxygen atoms in total. The molecule has 0 bridgehead atoms. The lowest BCUT2D eigenvalue weighted by molar-refractivity contribution is -0.135. The maximum Gasteiger partial charge on any atom is 0.255 e. The Kier molecular flexibility index (Phi) is 5.04. The van der Waals surface area contributed by atoms with Crippen molar-refractivity contribution in [1.82, 2.24) is 9.80 Å². The van der Waals surface area contributed by atoms with E-state index in [2.05, 4.69) is 15.9 Å². The topological polar surface area (TPSA) is 40.6 Å². The minimum absolute atomic E-state index is 0.0122. The van der Waals surface area contributed by atoms with Crippen molar-refractivity contribution >= 4 is 27.7 Å². The Morgan fingerprint density at radius 2 is 1.67 bits per heavy atom. The van der Waals surface area contributed by atoms with Crippen LogP contribution >= 0.6 is 15.9 Å². The van der Waals surface area contributed by atoms with E-state index >= 15 is 0 Å². The first-order valence-corrected chi connectivity index (χ1v) is 8.04. The van der Waals surface area contributed by atoms with Gasteiger partial charge in [0.2, 0.25) is 5.91 Å². The van der Waals surface area contributed by atoms with Crippen molar-refractivity contribution in [3.8, 4) is 0 Å². The predicted molar refractivity (Wildman–Crippen MR) is 86.2 cm³/mol. The summed E-state index contributed by atoms with van der Waals surface area (Å²) in [5.74, 6) is 0.208. The zero-order valence-electron chi connectivity index (χ0n) is 12.7. The predicted octanol–water partition coefficient (Wildman–Crippen LogP) is 2.70. The van der Waals surface area contributed by atoms with Crippen LogP contribution in [0.1, 0.15) is 29.8 Å². The molecule has 2 amide bonds. The van der Waals surface area contributed by atoms with Crippen LogP contribution in [0.4, 0.5) is 0 Å². The maximum absolute atomic E-state index is 12.6. The Balaban J connectivity index is 2.04. The summed E-state index contributed by atoms with van der Waals surface area (Å²) in [7, 11) is 0. The molecule has 0 radical (unpaired) electrons. The summed E-state index contributed by atoms with van der Waals surface area (Å²) in [6, 6.07) is 5.71. The van der Waals surface area contributed by atoms with Gasteiger partial charge in [0.1, 0.15) is 0 Å². The number of carbonyl (C=O) groups is 2. The molecule has 2 rings (SSSR count). The van der Waals surface area contributed by atoms with E-state index in [1.165, 1.54) is 0 Å². The van der Waals surface area contributed by atoms with Crippen LogP contribution in [0.5, 0.6) is 0 Å². The molecular weight excluding hydrogens is 332 g/mol. The van der Waals surface area contributed by atoms with Crippen LogP contribution in [0.25, 0.3) is 0 Å². The molecule has 0 atom stereocenters. The minimum Gasteiger partial charge on any atom is -0.339 e. The quantitative estimate of drug-likeness (QED) is 0.820. The monoisotopic (exact) mass is 352 g/mol. The first-order valence-electron chi connectivity index (χ1n) is 7.25. The Labute approximate surface area is 134 Å². The van der Waals surface area contributed by atoms with E-state index in [0.717, 1.165) is 10.0 Å². The standard InChI is InChI=1S/C16H21BrN2O2/c1-11(2)15(20)18-7-9-19(10-8-18)16(21)13-6-4-5-12(3)14(13)17/h4-6,11H,7-10H2,1-3H3. The fourth-order valence-electron chi connectivity index (χ4n) is 2.48. The third-order valence-electron chi connectivity index (χ3n) is 3.79. The fourth-order valence-corrected chi connectivity index (χ4v) is 2.91. The first-order chi connectivity index (χ1) is 9.91. The van der Waals surface area contributed by atoms with Crippen LogP contribution < -0.4 is 0 Å². The van der Waals surface area contributed by atoms with Gasteiger partial charge in [0, 0.05) is 36.6 Å². The average molecular weight is 353 g/mol. The van der Waals surface area contributed by atoms with Crippen LogP contribution in [0, 0.1) is 12.8 Å². The lowest BCUT2D eigenvalue weighted by Gasteiger charge is -2.35. The number of benzene rings is 1. The van der Waals surface area contributed by atoms with Gasteiger partial charge in [0.05, 0.1) is 5.56 Å². The van der Waals surface area contributed by atoms with E-state index in [4.69, 9.17) is 0 Å². The molecule has 1 aliphatic heterocycles. The number of aryl methyl sites for hydroxylation is 1. The van der Waals surface area contributed by atoms with E-state index in [1.807, 2.05) is 48.8 Å². The van der Waals surface area contributed by atoms with Crippen LogP contribution in [-0.4, -0.2) is 47.8 Å². The summed E-state index contributed by atoms with van der Waals surface area (Å²) in [5, 5.41) is 0. The van der Waals surface area contributed by atoms with Gasteiger partial charge in [0.15, 0.2) is 0 Å². The second-order valence-electron chi connectivity index (χ2n) is 5.71. The molecule has 1 aromatic rings. The molecule has 21 heavy (non-hydrogen) atoms. The highest BCUT2D eigenvalue weighted by atomic mass is 79.9. The summed E-state index contributed by atoms with van der Waals surface area (Å²) >= 11 is 3.49. The van der Waals surface area contributed by atoms with Gasteiger partial charge in [-0.2, -0.15) is 0 Å². The van der Waals surface area contributed by atoms with Crippen molar-refractivity contribution in [2.24, 2.45) is 5.92 Å². The summed E-state index contributed by atoms with van der Waals surface area (Å²) in [5.41, 5.74) is 1.74. The van der Waals surface area contributed by atoms with Crippen molar-refractivity contribution in [2.45, 2.75) is 20.8 Å². The molecule has 0 saturated carbocycles. The van der Waals surface area contributed by atoms with Crippen LogP contribution in [0.2, 0.25) is 0 Å². The van der Waals surface area contributed by atoms with Gasteiger partial charge in [0.25, 0.3) is 5.91 Å². The lowest BCUT2D eigenvalue weighted by Crippen LogP contribution is -2.51. The molecule has 0 N–H and O–H groups in total. The SMILES string of the molecule is Cc1cccc(C(=O)N2CCN(C(=O)C(C)C)CC2)c1Br. The van der Waals surface area contributed by atoms with E-state index in [1.54, 1.807) is 0 Å². The molecule has 1 saturated heterocycles. The summed E-state index contributed by atoms with van der Waals surface area (Å²) in [6.45, 7) is 8.21. The van der Waals surface area contributed by atoms with Gasteiger partial charge in [-0.15, -0.1) is 0 Å². The number of carbonyl (C=O) groups excluding carboxylic acids is 2. The molecule has 114 valence electrons. The average Bonchev–Trinajstić information content (AvgIpc) is 2.48. The highest BCUT2D eigenvalue weighted by Gasteiger charge is 2.26. The lowest BCUT2D eigenvalue weighted by atomic mass is 10.1. The largest absolute Gasteiger partial charge is 0.339 e. The van der Waals surface area contributed by atoms with Crippen molar-refractivity contribution in [3.05, 3.63) is 33.8 Å². The number of piperazine rings is 1. The van der Waals surface area contributed by atoms with E-state index in [9.17, 15) is 9.59 Å². The van der Waals surface area contributed by atoms with Gasteiger partial charge >= 0.3 is 0 Å². The molecule has 1 aromatic carbocycles. The van der Waals surface area contributed by atoms with E-state index in [0.29, 0.717) is 31.7 Å². The number of hydrogen-bond donors (Lipinski definition) is 0. The van der Waals surface area contributed by atoms with Crippen LogP contribution in [0.3, 0.4) is 0 Å². The van der Waals surface area contributed by atoms with Crippen molar-refractivity contribution in [2.75, 3.05) is 26.2 Å². The highest BCUT2D eigenvalue weighted by Crippen LogP contribution is 2.23. The number of amides is 2. The summed E-state index contributed by atoms with van der Waals surface area (Å²) < 4.78 is 0.857. The maximum atomic E-state index is 12.6. The molecule has 1 aliphatic rings. The molecule has 0 aliphatic carbocycles. The normalized spacial score (nSPS) is 15.5. The number of rotatable bonds is 2. The Morgan fingerprint density at radius 3 is 2.24 bits per heavy atom. The van der Waals surface area contributed by atoms with Crippen molar-refractivity contribution < 1.29 is 9.59 Å². The second-order valence-corrected chi connectivity index (χ2v) is 6.50.